The average Bonchev–Trinajstić information content (AvgIpc) is 2.80. The van der Waals surface area contributed by atoms with Gasteiger partial charge in [0.2, 0.25) is 0 Å². The zero-order chi connectivity index (χ0) is 14.6. The zero-order valence-corrected chi connectivity index (χ0v) is 12.3. The van der Waals surface area contributed by atoms with Gasteiger partial charge in [0.1, 0.15) is 0 Å². The minimum absolute atomic E-state index is 0.124. The second kappa shape index (κ2) is 4.32. The topological polar surface area (TPSA) is 22.0 Å². The molecule has 2 aromatic carbocycles. The predicted octanol–water partition coefficient (Wildman–Crippen LogP) is 4.09. The van der Waals surface area contributed by atoms with Crippen LogP contribution in [-0.4, -0.2) is 4.57 Å². The number of aromatic nitrogens is 1. The number of pyridine rings is 1. The molecule has 2 heterocycles. The van der Waals surface area contributed by atoms with Crippen LogP contribution in [0.1, 0.15) is 24.1 Å². The van der Waals surface area contributed by atoms with Crippen molar-refractivity contribution in [2.24, 2.45) is 0 Å². The van der Waals surface area contributed by atoms with Gasteiger partial charge in [0.05, 0.1) is 11.2 Å². The summed E-state index contributed by atoms with van der Waals surface area (Å²) in [6.45, 7) is 4.29. The molecule has 0 unspecified atom stereocenters. The van der Waals surface area contributed by atoms with Crippen molar-refractivity contribution in [3.63, 3.8) is 0 Å². The van der Waals surface area contributed by atoms with Crippen LogP contribution in [0.25, 0.3) is 22.2 Å². The van der Waals surface area contributed by atoms with Crippen molar-refractivity contribution < 1.29 is 0 Å². The van der Waals surface area contributed by atoms with Crippen LogP contribution in [0, 0.1) is 6.92 Å². The molecule has 0 aliphatic carbocycles. The Morgan fingerprint density at radius 2 is 1.86 bits per heavy atom. The highest BCUT2D eigenvalue weighted by atomic mass is 16.1. The zero-order valence-electron chi connectivity index (χ0n) is 12.3. The summed E-state index contributed by atoms with van der Waals surface area (Å²) in [5, 5.41) is 0.856. The van der Waals surface area contributed by atoms with E-state index in [1.165, 1.54) is 11.1 Å². The lowest BCUT2D eigenvalue weighted by Gasteiger charge is -2.17. The maximum absolute atomic E-state index is 12.6. The van der Waals surface area contributed by atoms with Crippen molar-refractivity contribution in [2.45, 2.75) is 26.3 Å². The highest BCUT2D eigenvalue weighted by molar-refractivity contribution is 5.87. The molecule has 0 bridgehead atoms. The Kier molecular flexibility index (Phi) is 2.55. The molecule has 4 rings (SSSR count). The molecule has 1 aromatic heterocycles. The van der Waals surface area contributed by atoms with E-state index in [4.69, 9.17) is 0 Å². The standard InChI is InChI=1S/C19H17NO/c1-12-8-15-10-13(2)20-17(14-6-4-3-5-7-14)11-18(21)16(9-12)19(15)20/h3-9,11,13H,10H2,1-2H3/t13-/m1/s1. The van der Waals surface area contributed by atoms with Crippen molar-refractivity contribution in [1.29, 1.82) is 0 Å². The molecule has 0 saturated carbocycles. The third-order valence-electron chi connectivity index (χ3n) is 4.39. The molecule has 0 fully saturated rings. The van der Waals surface area contributed by atoms with Crippen LogP contribution in [0.3, 0.4) is 0 Å². The number of hydrogen-bond acceptors (Lipinski definition) is 1. The van der Waals surface area contributed by atoms with Gasteiger partial charge in [-0.1, -0.05) is 36.4 Å². The number of hydrogen-bond donors (Lipinski definition) is 0. The summed E-state index contributed by atoms with van der Waals surface area (Å²) < 4.78 is 2.33. The van der Waals surface area contributed by atoms with Crippen LogP contribution in [0.2, 0.25) is 0 Å². The fourth-order valence-electron chi connectivity index (χ4n) is 3.57. The van der Waals surface area contributed by atoms with E-state index in [1.807, 2.05) is 24.3 Å². The summed E-state index contributed by atoms with van der Waals surface area (Å²) in [6.07, 6.45) is 1.00. The quantitative estimate of drug-likeness (QED) is 0.655. The second-order valence-corrected chi connectivity index (χ2v) is 6.00. The maximum atomic E-state index is 12.6. The Morgan fingerprint density at radius 1 is 1.10 bits per heavy atom. The van der Waals surface area contributed by atoms with Crippen molar-refractivity contribution in [3.8, 4) is 11.3 Å². The van der Waals surface area contributed by atoms with Gasteiger partial charge in [-0.15, -0.1) is 0 Å². The van der Waals surface area contributed by atoms with Crippen molar-refractivity contribution in [1.82, 2.24) is 4.57 Å². The van der Waals surface area contributed by atoms with Gasteiger partial charge in [-0.25, -0.2) is 0 Å². The molecule has 21 heavy (non-hydrogen) atoms. The second-order valence-electron chi connectivity index (χ2n) is 6.00. The van der Waals surface area contributed by atoms with Gasteiger partial charge in [-0.3, -0.25) is 4.79 Å². The molecule has 3 aromatic rings. The van der Waals surface area contributed by atoms with Gasteiger partial charge < -0.3 is 4.57 Å². The molecule has 2 heteroatoms. The normalized spacial score (nSPS) is 16.6. The van der Waals surface area contributed by atoms with Gasteiger partial charge in [0, 0.05) is 17.5 Å². The van der Waals surface area contributed by atoms with Crippen LogP contribution >= 0.6 is 0 Å². The van der Waals surface area contributed by atoms with Crippen LogP contribution in [-0.2, 0) is 6.42 Å². The van der Waals surface area contributed by atoms with E-state index in [0.717, 1.165) is 28.6 Å². The van der Waals surface area contributed by atoms with E-state index in [9.17, 15) is 4.79 Å². The van der Waals surface area contributed by atoms with Gasteiger partial charge in [-0.05, 0) is 43.0 Å². The Labute approximate surface area is 123 Å². The fraction of sp³-hybridized carbons (Fsp3) is 0.211. The molecule has 0 spiro atoms. The first-order valence-electron chi connectivity index (χ1n) is 7.39. The highest BCUT2D eigenvalue weighted by Gasteiger charge is 2.24. The highest BCUT2D eigenvalue weighted by Crippen LogP contribution is 2.36. The Morgan fingerprint density at radius 3 is 2.62 bits per heavy atom. The smallest absolute Gasteiger partial charge is 0.190 e. The van der Waals surface area contributed by atoms with Crippen molar-refractivity contribution >= 4 is 10.9 Å². The van der Waals surface area contributed by atoms with Crippen LogP contribution in [0.4, 0.5) is 0 Å². The third-order valence-corrected chi connectivity index (χ3v) is 4.39. The molecule has 0 saturated heterocycles. The van der Waals surface area contributed by atoms with Gasteiger partial charge in [0.15, 0.2) is 5.43 Å². The summed E-state index contributed by atoms with van der Waals surface area (Å²) in [6, 6.07) is 16.6. The van der Waals surface area contributed by atoms with E-state index < -0.39 is 0 Å². The molecule has 0 N–H and O–H groups in total. The molecular weight excluding hydrogens is 258 g/mol. The average molecular weight is 275 g/mol. The van der Waals surface area contributed by atoms with Gasteiger partial charge >= 0.3 is 0 Å². The molecule has 1 aliphatic rings. The molecule has 0 amide bonds. The molecule has 1 aliphatic heterocycles. The van der Waals surface area contributed by atoms with Crippen LogP contribution < -0.4 is 5.43 Å². The minimum atomic E-state index is 0.124. The first-order valence-corrected chi connectivity index (χ1v) is 7.39. The largest absolute Gasteiger partial charge is 0.337 e. The lowest BCUT2D eigenvalue weighted by Crippen LogP contribution is -2.11. The molecule has 2 nitrogen and oxygen atoms in total. The Hall–Kier alpha value is -2.35. The SMILES string of the molecule is Cc1cc2c3c(c1)c(=O)cc(-c1ccccc1)n3[C@H](C)C2. The first-order chi connectivity index (χ1) is 10.1. The van der Waals surface area contributed by atoms with Crippen molar-refractivity contribution in [3.05, 3.63) is 69.9 Å². The number of nitrogens with zero attached hydrogens (tertiary/aromatic N) is 1. The maximum Gasteiger partial charge on any atom is 0.190 e. The van der Waals surface area contributed by atoms with Crippen molar-refractivity contribution in [2.75, 3.05) is 0 Å². The summed E-state index contributed by atoms with van der Waals surface area (Å²) >= 11 is 0. The van der Waals surface area contributed by atoms with E-state index in [2.05, 4.69) is 36.6 Å². The Bertz CT molecular complexity index is 906. The first kappa shape index (κ1) is 12.4. The number of aryl methyl sites for hydroxylation is 1. The van der Waals surface area contributed by atoms with Gasteiger partial charge in [-0.2, -0.15) is 0 Å². The summed E-state index contributed by atoms with van der Waals surface area (Å²) in [5.74, 6) is 0. The fourth-order valence-corrected chi connectivity index (χ4v) is 3.57. The van der Waals surface area contributed by atoms with E-state index in [-0.39, 0.29) is 5.43 Å². The predicted molar refractivity (Wildman–Crippen MR) is 86.8 cm³/mol. The molecule has 104 valence electrons. The summed E-state index contributed by atoms with van der Waals surface area (Å²) in [7, 11) is 0. The van der Waals surface area contributed by atoms with E-state index in [0.29, 0.717) is 6.04 Å². The number of benzene rings is 2. The monoisotopic (exact) mass is 275 g/mol. The van der Waals surface area contributed by atoms with E-state index in [1.54, 1.807) is 6.07 Å². The number of rotatable bonds is 1. The molecule has 0 radical (unpaired) electrons. The Balaban J connectivity index is 2.16. The molecule has 1 atom stereocenters. The van der Waals surface area contributed by atoms with Gasteiger partial charge in [0.25, 0.3) is 0 Å². The summed E-state index contributed by atoms with van der Waals surface area (Å²) in [4.78, 5) is 12.6. The minimum Gasteiger partial charge on any atom is -0.337 e. The molecular formula is C19H17NO. The summed E-state index contributed by atoms with van der Waals surface area (Å²) in [5.41, 5.74) is 5.86. The third kappa shape index (κ3) is 1.75. The van der Waals surface area contributed by atoms with Crippen LogP contribution in [0.5, 0.6) is 0 Å². The van der Waals surface area contributed by atoms with Crippen LogP contribution in [0.15, 0.2) is 53.3 Å². The lowest BCUT2D eigenvalue weighted by molar-refractivity contribution is 0.599. The lowest BCUT2D eigenvalue weighted by atomic mass is 10.0. The van der Waals surface area contributed by atoms with E-state index >= 15 is 0 Å².